The van der Waals surface area contributed by atoms with Gasteiger partial charge in [0.05, 0.1) is 0 Å². The Hall–Kier alpha value is 0.307. The molecule has 1 nitrogen and oxygen atoms in total. The molecule has 1 heterocycles. The predicted molar refractivity (Wildman–Crippen MR) is 37.1 cm³/mol. The molecule has 1 aromatic heterocycles. The first kappa shape index (κ1) is 12.0. The fourth-order valence-electron chi connectivity index (χ4n) is 0.227. The fraction of sp³-hybridized carbons (Fsp3) is 0. The summed E-state index contributed by atoms with van der Waals surface area (Å²) in [6.45, 7) is 0. The van der Waals surface area contributed by atoms with Gasteiger partial charge in [-0.1, -0.05) is 12.1 Å². The topological polar surface area (TPSA) is 23.8 Å². The van der Waals surface area contributed by atoms with Crippen LogP contribution in [0.3, 0.4) is 0 Å². The van der Waals surface area contributed by atoms with E-state index in [0.29, 0.717) is 0 Å². The molecule has 1 aromatic rings. The Kier molecular flexibility index (Phi) is 14.9. The third kappa shape index (κ3) is 11.7. The van der Waals surface area contributed by atoms with E-state index >= 15 is 0 Å². The molecule has 0 fully saturated rings. The molecule has 0 aromatic carbocycles. The third-order valence-electron chi connectivity index (χ3n) is 0.425. The molecule has 0 unspecified atom stereocenters. The Labute approximate surface area is 79.1 Å². The maximum absolute atomic E-state index is 7.12. The van der Waals surface area contributed by atoms with E-state index in [1.54, 1.807) is 11.3 Å². The molecule has 48 valence electrons. The van der Waals surface area contributed by atoms with E-state index in [0.717, 1.165) is 0 Å². The van der Waals surface area contributed by atoms with E-state index in [2.05, 4.69) is 16.0 Å². The standard InChI is InChI=1S/C4H4S.CN.Cu.Li.H/c1-2-4-5-3-1;1-2;;;/h1-4H;;;;. The van der Waals surface area contributed by atoms with Crippen molar-refractivity contribution in [1.82, 2.24) is 0 Å². The molecule has 0 aliphatic rings. The molecule has 0 spiro atoms. The van der Waals surface area contributed by atoms with Crippen molar-refractivity contribution < 1.29 is 16.0 Å². The van der Waals surface area contributed by atoms with Crippen molar-refractivity contribution in [3.05, 3.63) is 22.9 Å². The van der Waals surface area contributed by atoms with Gasteiger partial charge in [0.1, 0.15) is 0 Å². The van der Waals surface area contributed by atoms with Gasteiger partial charge in [-0.3, -0.25) is 0 Å². The van der Waals surface area contributed by atoms with Crippen molar-refractivity contribution in [3.8, 4) is 4.97 Å². The van der Waals surface area contributed by atoms with Gasteiger partial charge in [-0.15, -0.1) is 0 Å². The summed E-state index contributed by atoms with van der Waals surface area (Å²) < 4.78 is 0. The van der Waals surface area contributed by atoms with E-state index < -0.39 is 0 Å². The first-order valence-corrected chi connectivity index (χ1v) is 3.26. The minimum absolute atomic E-state index is 0. The SMILES string of the molecule is N#[C][Cu].[LiH].c1ccsc1. The summed E-state index contributed by atoms with van der Waals surface area (Å²) in [5.41, 5.74) is 0. The molecular weight excluding hydrogens is 177 g/mol. The van der Waals surface area contributed by atoms with Gasteiger partial charge in [0.2, 0.25) is 0 Å². The quantitative estimate of drug-likeness (QED) is 0.551. The van der Waals surface area contributed by atoms with Crippen molar-refractivity contribution in [2.24, 2.45) is 0 Å². The Morgan fingerprint density at radius 2 is 1.67 bits per heavy atom. The van der Waals surface area contributed by atoms with Gasteiger partial charge in [-0.2, -0.15) is 11.3 Å². The molecule has 0 aliphatic carbocycles. The number of thiophene rings is 1. The molecule has 0 amide bonds. The van der Waals surface area contributed by atoms with Crippen LogP contribution in [0.5, 0.6) is 0 Å². The second-order valence-corrected chi connectivity index (χ2v) is 1.89. The van der Waals surface area contributed by atoms with E-state index in [-0.39, 0.29) is 18.9 Å². The zero-order valence-corrected chi connectivity index (χ0v) is 5.72. The summed E-state index contributed by atoms with van der Waals surface area (Å²) in [4.78, 5) is 1.31. The zero-order valence-electron chi connectivity index (χ0n) is 3.97. The van der Waals surface area contributed by atoms with Crippen LogP contribution in [-0.2, 0) is 16.0 Å². The zero-order chi connectivity index (χ0) is 6.24. The van der Waals surface area contributed by atoms with Crippen molar-refractivity contribution in [2.45, 2.75) is 0 Å². The van der Waals surface area contributed by atoms with E-state index in [1.165, 1.54) is 4.97 Å². The maximum atomic E-state index is 7.12. The maximum Gasteiger partial charge on any atom is -0.00934 e. The molecule has 0 saturated heterocycles. The summed E-state index contributed by atoms with van der Waals surface area (Å²) in [6, 6.07) is 4.04. The molecule has 0 atom stereocenters. The summed E-state index contributed by atoms with van der Waals surface area (Å²) in [6.07, 6.45) is 0. The van der Waals surface area contributed by atoms with Crippen LogP contribution in [0.1, 0.15) is 0 Å². The van der Waals surface area contributed by atoms with Crippen LogP contribution in [0, 0.1) is 10.2 Å². The third-order valence-corrected chi connectivity index (χ3v) is 1.05. The predicted octanol–water partition coefficient (Wildman–Crippen LogP) is 1.11. The van der Waals surface area contributed by atoms with Gasteiger partial charge in [-0.05, 0) is 10.8 Å². The smallest absolute Gasteiger partial charge is 0.00934 e. The number of hydrogen-bond acceptors (Lipinski definition) is 2. The summed E-state index contributed by atoms with van der Waals surface area (Å²) in [5, 5.41) is 11.2. The van der Waals surface area contributed by atoms with Crippen molar-refractivity contribution in [3.63, 3.8) is 0 Å². The Bertz CT molecular complexity index is 129. The van der Waals surface area contributed by atoms with Crippen LogP contribution < -0.4 is 0 Å². The van der Waals surface area contributed by atoms with Crippen LogP contribution in [0.15, 0.2) is 22.9 Å². The van der Waals surface area contributed by atoms with Crippen molar-refractivity contribution >= 4 is 30.2 Å². The largest absolute Gasteiger partial charge is 0.152 e. The van der Waals surface area contributed by atoms with E-state index in [4.69, 9.17) is 5.26 Å². The Morgan fingerprint density at radius 3 is 1.78 bits per heavy atom. The first-order valence-electron chi connectivity index (χ1n) is 1.85. The minimum atomic E-state index is 0. The van der Waals surface area contributed by atoms with E-state index in [1.807, 2.05) is 22.9 Å². The number of nitrogens with zero attached hydrogens (tertiary/aromatic N) is 1. The Morgan fingerprint density at radius 1 is 1.33 bits per heavy atom. The second kappa shape index (κ2) is 11.1. The van der Waals surface area contributed by atoms with Gasteiger partial charge in [0, 0.05) is 0 Å². The Balaban J connectivity index is 0. The van der Waals surface area contributed by atoms with Gasteiger partial charge < -0.3 is 0 Å². The van der Waals surface area contributed by atoms with Crippen LogP contribution in [0.2, 0.25) is 0 Å². The average Bonchev–Trinajstić information content (AvgIpc) is 2.17. The summed E-state index contributed by atoms with van der Waals surface area (Å²) >= 11 is 5.53. The van der Waals surface area contributed by atoms with Crippen LogP contribution in [0.4, 0.5) is 0 Å². The first-order chi connectivity index (χ1) is 3.91. The minimum Gasteiger partial charge on any atom is -0.152 e. The molecule has 0 N–H and O–H groups in total. The molecule has 0 saturated carbocycles. The normalized spacial score (nSPS) is 5.44. The van der Waals surface area contributed by atoms with Gasteiger partial charge >= 0.3 is 45.1 Å². The van der Waals surface area contributed by atoms with Crippen molar-refractivity contribution in [1.29, 1.82) is 5.26 Å². The molecule has 1 rings (SSSR count). The van der Waals surface area contributed by atoms with Crippen LogP contribution in [-0.4, -0.2) is 18.9 Å². The second-order valence-electron chi connectivity index (χ2n) is 0.861. The number of rotatable bonds is 0. The molecule has 9 heavy (non-hydrogen) atoms. The average molecular weight is 182 g/mol. The molecule has 0 bridgehead atoms. The molecule has 4 heteroatoms. The number of hydrogen-bond donors (Lipinski definition) is 0. The molecule has 0 radical (unpaired) electrons. The van der Waals surface area contributed by atoms with Crippen molar-refractivity contribution in [2.75, 3.05) is 0 Å². The molecular formula is C5H5CuLiNS. The molecule has 0 aliphatic heterocycles. The fourth-order valence-corrected chi connectivity index (χ4v) is 0.680. The van der Waals surface area contributed by atoms with Crippen LogP contribution >= 0.6 is 11.3 Å². The van der Waals surface area contributed by atoms with Gasteiger partial charge in [-0.25, -0.2) is 0 Å². The number of nitriles is 1. The summed E-state index contributed by atoms with van der Waals surface area (Å²) in [5.74, 6) is 0. The van der Waals surface area contributed by atoms with Crippen LogP contribution in [0.25, 0.3) is 0 Å². The summed E-state index contributed by atoms with van der Waals surface area (Å²) in [7, 11) is 0. The van der Waals surface area contributed by atoms with E-state index in [9.17, 15) is 0 Å². The monoisotopic (exact) mass is 181 g/mol. The van der Waals surface area contributed by atoms with Gasteiger partial charge in [0.15, 0.2) is 0 Å². The van der Waals surface area contributed by atoms with Gasteiger partial charge in [0.25, 0.3) is 0 Å².